The van der Waals surface area contributed by atoms with E-state index in [2.05, 4.69) is 15.6 Å². The van der Waals surface area contributed by atoms with Crippen molar-refractivity contribution in [2.45, 2.75) is 44.9 Å². The highest BCUT2D eigenvalue weighted by molar-refractivity contribution is 6.31. The van der Waals surface area contributed by atoms with Crippen LogP contribution in [0.15, 0.2) is 24.3 Å². The van der Waals surface area contributed by atoms with Crippen LogP contribution in [-0.2, 0) is 14.3 Å². The van der Waals surface area contributed by atoms with Crippen LogP contribution >= 0.6 is 11.6 Å². The van der Waals surface area contributed by atoms with Crippen molar-refractivity contribution in [3.8, 4) is 0 Å². The van der Waals surface area contributed by atoms with E-state index in [1.807, 2.05) is 0 Å². The van der Waals surface area contributed by atoms with Crippen molar-refractivity contribution in [3.05, 3.63) is 35.0 Å². The van der Waals surface area contributed by atoms with Gasteiger partial charge in [0.25, 0.3) is 5.91 Å². The summed E-state index contributed by atoms with van der Waals surface area (Å²) in [4.78, 5) is 39.4. The van der Waals surface area contributed by atoms with E-state index in [1.54, 1.807) is 45.0 Å². The molecule has 0 radical (unpaired) electrons. The second-order valence-corrected chi connectivity index (χ2v) is 8.07. The Labute approximate surface area is 166 Å². The number of carbonyl (C=O) groups is 3. The van der Waals surface area contributed by atoms with Crippen molar-refractivity contribution in [2.24, 2.45) is 0 Å². The molecule has 1 aromatic carbocycles. The minimum atomic E-state index is -0.667. The SMILES string of the molecule is CC(C)(C)OC(=O)N[C@H]1COC(=O)C[C@H]1NC(=O)c1cc2cc(Cl)ccc2[nH]1. The van der Waals surface area contributed by atoms with E-state index < -0.39 is 35.7 Å². The fraction of sp³-hybridized carbons (Fsp3) is 0.421. The van der Waals surface area contributed by atoms with Crippen LogP contribution in [0.1, 0.15) is 37.7 Å². The maximum atomic E-state index is 12.7. The zero-order valence-corrected chi connectivity index (χ0v) is 16.6. The maximum Gasteiger partial charge on any atom is 0.408 e. The number of hydrogen-bond acceptors (Lipinski definition) is 5. The van der Waals surface area contributed by atoms with Crippen molar-refractivity contribution in [1.82, 2.24) is 15.6 Å². The summed E-state index contributed by atoms with van der Waals surface area (Å²) in [5, 5.41) is 6.80. The van der Waals surface area contributed by atoms with Crippen molar-refractivity contribution in [2.75, 3.05) is 6.61 Å². The van der Waals surface area contributed by atoms with Crippen LogP contribution in [0.5, 0.6) is 0 Å². The largest absolute Gasteiger partial charge is 0.463 e. The Morgan fingerprint density at radius 2 is 1.96 bits per heavy atom. The van der Waals surface area contributed by atoms with Gasteiger partial charge in [0, 0.05) is 15.9 Å². The third-order valence-electron chi connectivity index (χ3n) is 4.14. The summed E-state index contributed by atoms with van der Waals surface area (Å²) in [5.74, 6) is -0.848. The van der Waals surface area contributed by atoms with Gasteiger partial charge >= 0.3 is 12.1 Å². The van der Waals surface area contributed by atoms with Crippen LogP contribution in [-0.4, -0.2) is 47.2 Å². The summed E-state index contributed by atoms with van der Waals surface area (Å²) in [5.41, 5.74) is 0.424. The average Bonchev–Trinajstić information content (AvgIpc) is 2.99. The molecule has 2 atom stereocenters. The summed E-state index contributed by atoms with van der Waals surface area (Å²) in [7, 11) is 0. The molecular formula is C19H22ClN3O5. The van der Waals surface area contributed by atoms with Crippen molar-refractivity contribution in [1.29, 1.82) is 0 Å². The number of fused-ring (bicyclic) bond motifs is 1. The minimum absolute atomic E-state index is 0.0503. The first-order valence-corrected chi connectivity index (χ1v) is 9.23. The number of alkyl carbamates (subject to hydrolysis) is 1. The lowest BCUT2D eigenvalue weighted by Crippen LogP contribution is -2.58. The average molecular weight is 408 g/mol. The second kappa shape index (κ2) is 7.71. The number of ether oxygens (including phenoxy) is 2. The number of carbonyl (C=O) groups excluding carboxylic acids is 3. The topological polar surface area (TPSA) is 110 Å². The molecule has 0 saturated carbocycles. The molecule has 2 aromatic rings. The number of nitrogens with one attached hydrogen (secondary N) is 3. The molecule has 1 fully saturated rings. The maximum absolute atomic E-state index is 12.7. The molecule has 2 amide bonds. The molecule has 1 aliphatic heterocycles. The van der Waals surface area contributed by atoms with Gasteiger partial charge in [-0.3, -0.25) is 9.59 Å². The molecule has 0 spiro atoms. The Bertz CT molecular complexity index is 918. The van der Waals surface area contributed by atoms with E-state index >= 15 is 0 Å². The van der Waals surface area contributed by atoms with Crippen LogP contribution in [0, 0.1) is 0 Å². The Hall–Kier alpha value is -2.74. The number of H-pyrrole nitrogens is 1. The number of benzene rings is 1. The highest BCUT2D eigenvalue weighted by Gasteiger charge is 2.34. The van der Waals surface area contributed by atoms with Crippen LogP contribution < -0.4 is 10.6 Å². The molecule has 1 saturated heterocycles. The van der Waals surface area contributed by atoms with Gasteiger partial charge in [-0.2, -0.15) is 0 Å². The molecule has 8 nitrogen and oxygen atoms in total. The Kier molecular flexibility index (Phi) is 5.51. The third kappa shape index (κ3) is 4.95. The highest BCUT2D eigenvalue weighted by Crippen LogP contribution is 2.20. The smallest absolute Gasteiger partial charge is 0.408 e. The molecule has 0 bridgehead atoms. The standard InChI is InChI=1S/C19H22ClN3O5/c1-19(2,3)28-18(26)23-15-9-27-16(24)8-13(15)22-17(25)14-7-10-6-11(20)4-5-12(10)21-14/h4-7,13,15,21H,8-9H2,1-3H3,(H,22,25)(H,23,26)/t13-,15+/m1/s1. The third-order valence-corrected chi connectivity index (χ3v) is 4.38. The van der Waals surface area contributed by atoms with Crippen molar-refractivity contribution in [3.63, 3.8) is 0 Å². The first kappa shape index (κ1) is 20.0. The lowest BCUT2D eigenvalue weighted by atomic mass is 10.0. The van der Waals surface area contributed by atoms with E-state index in [0.29, 0.717) is 10.7 Å². The van der Waals surface area contributed by atoms with Gasteiger partial charge in [-0.05, 0) is 45.0 Å². The van der Waals surface area contributed by atoms with E-state index in [1.165, 1.54) is 0 Å². The van der Waals surface area contributed by atoms with E-state index in [-0.39, 0.29) is 13.0 Å². The molecular weight excluding hydrogens is 386 g/mol. The van der Waals surface area contributed by atoms with Crippen LogP contribution in [0.2, 0.25) is 5.02 Å². The van der Waals surface area contributed by atoms with Gasteiger partial charge in [-0.25, -0.2) is 4.79 Å². The summed E-state index contributed by atoms with van der Waals surface area (Å²) in [6.07, 6.45) is -0.701. The van der Waals surface area contributed by atoms with Crippen LogP contribution in [0.3, 0.4) is 0 Å². The number of aromatic amines is 1. The van der Waals surface area contributed by atoms with Gasteiger partial charge in [0.1, 0.15) is 17.9 Å². The van der Waals surface area contributed by atoms with Crippen LogP contribution in [0.25, 0.3) is 10.9 Å². The van der Waals surface area contributed by atoms with E-state index in [4.69, 9.17) is 21.1 Å². The minimum Gasteiger partial charge on any atom is -0.463 e. The summed E-state index contributed by atoms with van der Waals surface area (Å²) in [6, 6.07) is 5.69. The van der Waals surface area contributed by atoms with Crippen molar-refractivity contribution >= 4 is 40.5 Å². The molecule has 150 valence electrons. The summed E-state index contributed by atoms with van der Waals surface area (Å²) in [6.45, 7) is 5.18. The van der Waals surface area contributed by atoms with Gasteiger partial charge in [0.2, 0.25) is 0 Å². The van der Waals surface area contributed by atoms with E-state index in [9.17, 15) is 14.4 Å². The number of rotatable bonds is 3. The highest BCUT2D eigenvalue weighted by atomic mass is 35.5. The number of cyclic esters (lactones) is 1. The van der Waals surface area contributed by atoms with Gasteiger partial charge < -0.3 is 25.1 Å². The molecule has 3 N–H and O–H groups in total. The zero-order valence-electron chi connectivity index (χ0n) is 15.8. The Morgan fingerprint density at radius 1 is 1.21 bits per heavy atom. The normalized spacial score (nSPS) is 19.8. The monoisotopic (exact) mass is 407 g/mol. The van der Waals surface area contributed by atoms with E-state index in [0.717, 1.165) is 10.9 Å². The summed E-state index contributed by atoms with van der Waals surface area (Å²) < 4.78 is 10.3. The predicted octanol–water partition coefficient (Wildman–Crippen LogP) is 2.76. The molecule has 9 heteroatoms. The Morgan fingerprint density at radius 3 is 2.68 bits per heavy atom. The number of halogens is 1. The first-order valence-electron chi connectivity index (χ1n) is 8.85. The number of hydrogen-bond donors (Lipinski definition) is 3. The quantitative estimate of drug-likeness (QED) is 0.678. The molecule has 2 heterocycles. The van der Waals surface area contributed by atoms with Crippen LogP contribution in [0.4, 0.5) is 4.79 Å². The predicted molar refractivity (Wildman–Crippen MR) is 103 cm³/mol. The van der Waals surface area contributed by atoms with Gasteiger partial charge in [0.15, 0.2) is 0 Å². The van der Waals surface area contributed by atoms with Gasteiger partial charge in [-0.15, -0.1) is 0 Å². The second-order valence-electron chi connectivity index (χ2n) is 7.63. The number of esters is 1. The number of amides is 2. The number of aromatic nitrogens is 1. The molecule has 0 unspecified atom stereocenters. The van der Waals surface area contributed by atoms with Gasteiger partial charge in [-0.1, -0.05) is 11.6 Å². The molecule has 28 heavy (non-hydrogen) atoms. The van der Waals surface area contributed by atoms with Crippen molar-refractivity contribution < 1.29 is 23.9 Å². The lowest BCUT2D eigenvalue weighted by Gasteiger charge is -2.32. The summed E-state index contributed by atoms with van der Waals surface area (Å²) >= 11 is 5.97. The fourth-order valence-corrected chi connectivity index (χ4v) is 3.08. The van der Waals surface area contributed by atoms with Gasteiger partial charge in [0.05, 0.1) is 18.5 Å². The first-order chi connectivity index (χ1) is 13.1. The molecule has 0 aliphatic carbocycles. The Balaban J connectivity index is 1.71. The molecule has 1 aliphatic rings. The zero-order chi connectivity index (χ0) is 20.5. The molecule has 3 rings (SSSR count). The lowest BCUT2D eigenvalue weighted by molar-refractivity contribution is -0.149. The molecule has 1 aromatic heterocycles. The fourth-order valence-electron chi connectivity index (χ4n) is 2.90.